The highest BCUT2D eigenvalue weighted by Crippen LogP contribution is 2.29. The summed E-state index contributed by atoms with van der Waals surface area (Å²) in [5.41, 5.74) is 2.23. The molecule has 0 radical (unpaired) electrons. The predicted octanol–water partition coefficient (Wildman–Crippen LogP) is 5.23. The fourth-order valence-corrected chi connectivity index (χ4v) is 3.07. The maximum Gasteiger partial charge on any atom is 0.173 e. The van der Waals surface area contributed by atoms with Gasteiger partial charge in [0.2, 0.25) is 0 Å². The summed E-state index contributed by atoms with van der Waals surface area (Å²) < 4.78 is 0. The van der Waals surface area contributed by atoms with Crippen molar-refractivity contribution in [1.82, 2.24) is 4.90 Å². The summed E-state index contributed by atoms with van der Waals surface area (Å²) >= 11 is 7.83. The fourth-order valence-electron chi connectivity index (χ4n) is 2.05. The third kappa shape index (κ3) is 5.11. The summed E-state index contributed by atoms with van der Waals surface area (Å²) in [5.74, 6) is 0.465. The van der Waals surface area contributed by atoms with E-state index in [0.29, 0.717) is 22.0 Å². The van der Waals surface area contributed by atoms with E-state index in [1.807, 2.05) is 62.2 Å². The van der Waals surface area contributed by atoms with Gasteiger partial charge in [-0.25, -0.2) is 4.99 Å². The maximum atomic E-state index is 12.5. The van der Waals surface area contributed by atoms with Gasteiger partial charge in [0.05, 0.1) is 22.8 Å². The molecule has 24 heavy (non-hydrogen) atoms. The zero-order valence-corrected chi connectivity index (χ0v) is 15.7. The molecule has 126 valence electrons. The van der Waals surface area contributed by atoms with E-state index in [1.54, 1.807) is 12.4 Å². The number of carbonyl (C=O) groups excluding carboxylic acids is 1. The second kappa shape index (κ2) is 8.90. The number of aliphatic imine (C=N–C) groups is 1. The Morgan fingerprint density at radius 2 is 2.00 bits per heavy atom. The van der Waals surface area contributed by atoms with Crippen LogP contribution in [0.1, 0.15) is 22.8 Å². The van der Waals surface area contributed by atoms with Gasteiger partial charge in [0, 0.05) is 24.1 Å². The van der Waals surface area contributed by atoms with Crippen molar-refractivity contribution in [2.75, 3.05) is 19.3 Å². The van der Waals surface area contributed by atoms with Crippen molar-refractivity contribution < 1.29 is 4.79 Å². The van der Waals surface area contributed by atoms with Crippen molar-refractivity contribution >= 4 is 41.2 Å². The molecule has 0 aliphatic heterocycles. The van der Waals surface area contributed by atoms with Gasteiger partial charge in [0.1, 0.15) is 0 Å². The highest BCUT2D eigenvalue weighted by atomic mass is 35.5. The number of nitrogens with zero attached hydrogens (tertiary/aromatic N) is 2. The van der Waals surface area contributed by atoms with E-state index >= 15 is 0 Å². The molecule has 0 fully saturated rings. The molecular formula is C19H21ClN2OS. The first-order chi connectivity index (χ1) is 11.5. The lowest BCUT2D eigenvalue weighted by atomic mass is 10.0. The summed E-state index contributed by atoms with van der Waals surface area (Å²) in [4.78, 5) is 19.9. The van der Waals surface area contributed by atoms with Crippen molar-refractivity contribution in [3.8, 4) is 0 Å². The predicted molar refractivity (Wildman–Crippen MR) is 104 cm³/mol. The Balaban J connectivity index is 2.11. The lowest BCUT2D eigenvalue weighted by Crippen LogP contribution is -2.14. The normalized spacial score (nSPS) is 11.0. The molecule has 3 nitrogen and oxygen atoms in total. The molecule has 0 aliphatic carbocycles. The fraction of sp³-hybridized carbons (Fsp3) is 0.263. The van der Waals surface area contributed by atoms with Crippen molar-refractivity contribution in [2.45, 2.75) is 18.7 Å². The number of hydrogen-bond acceptors (Lipinski definition) is 3. The summed E-state index contributed by atoms with van der Waals surface area (Å²) in [5, 5.41) is 0.495. The van der Waals surface area contributed by atoms with Gasteiger partial charge in [-0.05, 0) is 43.7 Å². The molecule has 0 heterocycles. The third-order valence-corrected chi connectivity index (χ3v) is 4.91. The lowest BCUT2D eigenvalue weighted by molar-refractivity contribution is 0.102. The Kier molecular flexibility index (Phi) is 6.88. The highest BCUT2D eigenvalue weighted by Gasteiger charge is 2.13. The second-order valence-corrected chi connectivity index (χ2v) is 6.92. The van der Waals surface area contributed by atoms with E-state index in [1.165, 1.54) is 11.8 Å². The van der Waals surface area contributed by atoms with E-state index in [2.05, 4.69) is 4.99 Å². The number of aryl methyl sites for hydroxylation is 1. The topological polar surface area (TPSA) is 32.7 Å². The Labute approximate surface area is 152 Å². The molecule has 0 amide bonds. The van der Waals surface area contributed by atoms with Crippen LogP contribution in [0.4, 0.5) is 5.69 Å². The van der Waals surface area contributed by atoms with E-state index in [9.17, 15) is 4.79 Å². The first kappa shape index (κ1) is 18.6. The van der Waals surface area contributed by atoms with E-state index < -0.39 is 0 Å². The Morgan fingerprint density at radius 1 is 1.29 bits per heavy atom. The van der Waals surface area contributed by atoms with Crippen LogP contribution in [0.15, 0.2) is 52.4 Å². The first-order valence-electron chi connectivity index (χ1n) is 7.77. The third-order valence-electron chi connectivity index (χ3n) is 3.60. The van der Waals surface area contributed by atoms with Gasteiger partial charge in [-0.2, -0.15) is 0 Å². The number of halogens is 1. The molecule has 0 aliphatic rings. The molecule has 0 N–H and O–H groups in total. The van der Waals surface area contributed by atoms with Crippen LogP contribution in [0.2, 0.25) is 5.02 Å². The Bertz CT molecular complexity index is 732. The molecule has 0 saturated carbocycles. The average molecular weight is 361 g/mol. The molecule has 0 aromatic heterocycles. The quantitative estimate of drug-likeness (QED) is 0.293. The van der Waals surface area contributed by atoms with E-state index in [4.69, 9.17) is 11.6 Å². The monoisotopic (exact) mass is 360 g/mol. The molecule has 0 spiro atoms. The maximum absolute atomic E-state index is 12.5. The molecule has 0 unspecified atom stereocenters. The average Bonchev–Trinajstić information content (AvgIpc) is 2.60. The van der Waals surface area contributed by atoms with Crippen LogP contribution >= 0.6 is 23.4 Å². The number of rotatable bonds is 7. The number of Topliss-reactive ketones (excluding diaryl/α,β-unsaturated/α-hetero) is 1. The minimum Gasteiger partial charge on any atom is -0.366 e. The number of carbonyl (C=O) groups is 1. The highest BCUT2D eigenvalue weighted by molar-refractivity contribution is 8.00. The number of ketones is 1. The van der Waals surface area contributed by atoms with Crippen molar-refractivity contribution in [1.29, 1.82) is 0 Å². The van der Waals surface area contributed by atoms with Crippen LogP contribution < -0.4 is 0 Å². The smallest absolute Gasteiger partial charge is 0.173 e. The van der Waals surface area contributed by atoms with Gasteiger partial charge in [-0.1, -0.05) is 29.8 Å². The molecule has 2 rings (SSSR count). The van der Waals surface area contributed by atoms with Crippen LogP contribution in [-0.2, 0) is 0 Å². The van der Waals surface area contributed by atoms with Crippen molar-refractivity contribution in [3.63, 3.8) is 0 Å². The summed E-state index contributed by atoms with van der Waals surface area (Å²) in [6.07, 6.45) is 1.74. The van der Waals surface area contributed by atoms with Gasteiger partial charge in [-0.3, -0.25) is 4.79 Å². The largest absolute Gasteiger partial charge is 0.366 e. The Hall–Kier alpha value is -1.78. The summed E-state index contributed by atoms with van der Waals surface area (Å²) in [6, 6.07) is 13.5. The first-order valence-corrected chi connectivity index (χ1v) is 9.13. The zero-order chi connectivity index (χ0) is 17.5. The second-order valence-electron chi connectivity index (χ2n) is 5.46. The summed E-state index contributed by atoms with van der Waals surface area (Å²) in [6.45, 7) is 4.83. The number of thioether (sulfide) groups is 1. The lowest BCUT2D eigenvalue weighted by Gasteiger charge is -2.10. The van der Waals surface area contributed by atoms with Crippen molar-refractivity contribution in [3.05, 3.63) is 58.6 Å². The molecule has 0 saturated heterocycles. The van der Waals surface area contributed by atoms with Crippen LogP contribution in [-0.4, -0.2) is 36.4 Å². The van der Waals surface area contributed by atoms with Crippen LogP contribution in [0.3, 0.4) is 0 Å². The van der Waals surface area contributed by atoms with E-state index in [-0.39, 0.29) is 5.78 Å². The minimum atomic E-state index is 0.0736. The molecule has 2 aromatic carbocycles. The van der Waals surface area contributed by atoms with Gasteiger partial charge in [0.25, 0.3) is 0 Å². The SMILES string of the molecule is CCN(C)C=Nc1cc(C)c(C(=O)CSc2ccccc2)cc1Cl. The van der Waals surface area contributed by atoms with E-state index in [0.717, 1.165) is 17.0 Å². The van der Waals surface area contributed by atoms with Crippen LogP contribution in [0.25, 0.3) is 0 Å². The standard InChI is InChI=1S/C19H21ClN2OS/c1-4-22(3)13-21-18-10-14(2)16(11-17(18)20)19(23)12-24-15-8-6-5-7-9-15/h5-11,13H,4,12H2,1-3H3. The van der Waals surface area contributed by atoms with Crippen LogP contribution in [0.5, 0.6) is 0 Å². The zero-order valence-electron chi connectivity index (χ0n) is 14.1. The van der Waals surface area contributed by atoms with Crippen molar-refractivity contribution in [2.24, 2.45) is 4.99 Å². The van der Waals surface area contributed by atoms with Gasteiger partial charge < -0.3 is 4.90 Å². The summed E-state index contributed by atoms with van der Waals surface area (Å²) in [7, 11) is 1.95. The molecule has 2 aromatic rings. The number of benzene rings is 2. The van der Waals surface area contributed by atoms with Gasteiger partial charge >= 0.3 is 0 Å². The molecule has 5 heteroatoms. The number of hydrogen-bond donors (Lipinski definition) is 0. The molecule has 0 bridgehead atoms. The Morgan fingerprint density at radius 3 is 2.67 bits per heavy atom. The van der Waals surface area contributed by atoms with Gasteiger partial charge in [-0.15, -0.1) is 11.8 Å². The molecular weight excluding hydrogens is 340 g/mol. The van der Waals surface area contributed by atoms with Crippen LogP contribution in [0, 0.1) is 6.92 Å². The minimum absolute atomic E-state index is 0.0736. The van der Waals surface area contributed by atoms with Gasteiger partial charge in [0.15, 0.2) is 5.78 Å². The molecule has 0 atom stereocenters.